The molecule has 2 aliphatic heterocycles. The Bertz CT molecular complexity index is 1220. The summed E-state index contributed by atoms with van der Waals surface area (Å²) in [6, 6.07) is 5.19. The van der Waals surface area contributed by atoms with Crippen LogP contribution in [0.3, 0.4) is 0 Å². The number of pyridine rings is 1. The number of carbonyl (C=O) groups excluding carboxylic acids is 1. The number of carbonyl (C=O) groups is 1. The summed E-state index contributed by atoms with van der Waals surface area (Å²) in [5.74, 6) is 1.30. The molecule has 0 aliphatic carbocycles. The van der Waals surface area contributed by atoms with E-state index in [9.17, 15) is 4.79 Å². The number of aryl methyl sites for hydroxylation is 1. The fourth-order valence-corrected chi connectivity index (χ4v) is 4.94. The maximum absolute atomic E-state index is 13.5. The van der Waals surface area contributed by atoms with Gasteiger partial charge in [-0.25, -0.2) is 14.5 Å². The molecule has 5 heterocycles. The molecule has 10 heteroatoms. The molecule has 0 radical (unpaired) electrons. The second kappa shape index (κ2) is 9.20. The third-order valence-corrected chi connectivity index (χ3v) is 6.67. The lowest BCUT2D eigenvalue weighted by Gasteiger charge is -2.34. The van der Waals surface area contributed by atoms with Crippen molar-refractivity contribution in [3.05, 3.63) is 47.4 Å². The summed E-state index contributed by atoms with van der Waals surface area (Å²) in [4.78, 5) is 28.1. The smallest absolute Gasteiger partial charge is 0.254 e. The molecular weight excluding hydrogens is 430 g/mol. The van der Waals surface area contributed by atoms with E-state index in [1.54, 1.807) is 18.3 Å². The highest BCUT2D eigenvalue weighted by Gasteiger charge is 2.31. The average molecular weight is 460 g/mol. The van der Waals surface area contributed by atoms with Crippen LogP contribution >= 0.6 is 0 Å². The normalized spacial score (nSPS) is 18.3. The van der Waals surface area contributed by atoms with Crippen molar-refractivity contribution in [1.29, 1.82) is 10.8 Å². The molecule has 3 aromatic heterocycles. The molecule has 176 valence electrons. The lowest BCUT2D eigenvalue weighted by Crippen LogP contribution is -2.38. The van der Waals surface area contributed by atoms with Gasteiger partial charge in [0.1, 0.15) is 11.6 Å². The number of hydrogen-bond donors (Lipinski definition) is 2. The number of rotatable bonds is 6. The van der Waals surface area contributed by atoms with Crippen molar-refractivity contribution in [3.63, 3.8) is 0 Å². The molecule has 0 aromatic carbocycles. The Balaban J connectivity index is 1.46. The third kappa shape index (κ3) is 4.00. The monoisotopic (exact) mass is 459 g/mol. The Morgan fingerprint density at radius 3 is 2.65 bits per heavy atom. The van der Waals surface area contributed by atoms with Gasteiger partial charge >= 0.3 is 0 Å². The molecule has 34 heavy (non-hydrogen) atoms. The maximum Gasteiger partial charge on any atom is 0.254 e. The fourth-order valence-electron chi connectivity index (χ4n) is 4.94. The van der Waals surface area contributed by atoms with Crippen LogP contribution in [-0.2, 0) is 0 Å². The third-order valence-electron chi connectivity index (χ3n) is 6.67. The maximum atomic E-state index is 13.5. The van der Waals surface area contributed by atoms with Crippen molar-refractivity contribution < 1.29 is 4.79 Å². The first-order valence-corrected chi connectivity index (χ1v) is 11.8. The van der Waals surface area contributed by atoms with E-state index in [2.05, 4.69) is 16.8 Å². The minimum Gasteiger partial charge on any atom is -0.356 e. The zero-order valence-electron chi connectivity index (χ0n) is 19.3. The molecule has 3 aromatic rings. The molecule has 0 bridgehead atoms. The van der Waals surface area contributed by atoms with Crippen LogP contribution < -0.4 is 9.80 Å². The molecular formula is C24H29N9O. The van der Waals surface area contributed by atoms with E-state index in [0.717, 1.165) is 67.8 Å². The summed E-state index contributed by atoms with van der Waals surface area (Å²) in [7, 11) is 0. The van der Waals surface area contributed by atoms with Gasteiger partial charge in [0.2, 0.25) is 0 Å². The average Bonchev–Trinajstić information content (AvgIpc) is 3.54. The molecule has 0 spiro atoms. The fraction of sp³-hybridized carbons (Fsp3) is 0.417. The summed E-state index contributed by atoms with van der Waals surface area (Å²) in [5.41, 5.74) is 3.25. The minimum atomic E-state index is -0.128. The highest BCUT2D eigenvalue weighted by atomic mass is 16.2. The Hall–Kier alpha value is -3.82. The van der Waals surface area contributed by atoms with Gasteiger partial charge < -0.3 is 9.80 Å². The molecule has 2 saturated heterocycles. The number of anilines is 2. The van der Waals surface area contributed by atoms with E-state index in [4.69, 9.17) is 20.9 Å². The van der Waals surface area contributed by atoms with Crippen LogP contribution in [-0.4, -0.2) is 62.7 Å². The number of fused-ring (bicyclic) bond motifs is 1. The van der Waals surface area contributed by atoms with Crippen molar-refractivity contribution in [2.45, 2.75) is 45.1 Å². The summed E-state index contributed by atoms with van der Waals surface area (Å²) in [5, 5.41) is 19.7. The summed E-state index contributed by atoms with van der Waals surface area (Å²) < 4.78 is 1.83. The van der Waals surface area contributed by atoms with Crippen LogP contribution in [0.1, 0.15) is 59.8 Å². The first-order valence-electron chi connectivity index (χ1n) is 11.8. The number of aromatic nitrogens is 4. The quantitative estimate of drug-likeness (QED) is 0.431. The predicted molar refractivity (Wildman–Crippen MR) is 131 cm³/mol. The van der Waals surface area contributed by atoms with Crippen molar-refractivity contribution >= 4 is 35.9 Å². The van der Waals surface area contributed by atoms with Crippen molar-refractivity contribution in [1.82, 2.24) is 24.5 Å². The van der Waals surface area contributed by atoms with Crippen LogP contribution in [0, 0.1) is 17.7 Å². The second-order valence-corrected chi connectivity index (χ2v) is 8.89. The molecule has 2 aliphatic rings. The zero-order valence-corrected chi connectivity index (χ0v) is 19.3. The molecule has 2 N–H and O–H groups in total. The van der Waals surface area contributed by atoms with Crippen LogP contribution in [0.5, 0.6) is 0 Å². The molecule has 1 atom stereocenters. The predicted octanol–water partition coefficient (Wildman–Crippen LogP) is 3.42. The standard InChI is InChI=1S/C24H29N9O/c1-17-14-33-22(28-23(17)30-9-4-5-10-30)13-19(29-33)20-6-2-3-11-32(20)24(34)18-7-8-27-21(12-18)31(15-25)16-26/h7-8,12-16,20,25-26H,2-6,9-11H2,1H3/t20-/m0/s1. The topological polar surface area (TPSA) is 118 Å². The van der Waals surface area contributed by atoms with Gasteiger partial charge in [-0.05, 0) is 51.2 Å². The molecule has 1 amide bonds. The number of piperidine rings is 1. The van der Waals surface area contributed by atoms with Gasteiger partial charge in [-0.1, -0.05) is 0 Å². The lowest BCUT2D eigenvalue weighted by molar-refractivity contribution is 0.0605. The summed E-state index contributed by atoms with van der Waals surface area (Å²) in [6.45, 7) is 4.80. The van der Waals surface area contributed by atoms with E-state index >= 15 is 0 Å². The van der Waals surface area contributed by atoms with Gasteiger partial charge in [-0.2, -0.15) is 5.10 Å². The van der Waals surface area contributed by atoms with Crippen LogP contribution in [0.15, 0.2) is 30.6 Å². The Morgan fingerprint density at radius 1 is 1.12 bits per heavy atom. The van der Waals surface area contributed by atoms with Crippen LogP contribution in [0.2, 0.25) is 0 Å². The van der Waals surface area contributed by atoms with E-state index in [1.165, 1.54) is 17.7 Å². The van der Waals surface area contributed by atoms with Gasteiger partial charge in [-0.15, -0.1) is 0 Å². The number of nitrogens with zero attached hydrogens (tertiary/aromatic N) is 7. The van der Waals surface area contributed by atoms with Crippen molar-refractivity contribution in [2.75, 3.05) is 29.4 Å². The number of amides is 1. The minimum absolute atomic E-state index is 0.0952. The Labute approximate surface area is 198 Å². The highest BCUT2D eigenvalue weighted by molar-refractivity contribution is 5.99. The van der Waals surface area contributed by atoms with E-state index < -0.39 is 0 Å². The SMILES string of the molecule is Cc1cn2nc([C@@H]3CCCCN3C(=O)c3ccnc(N(C=N)C=N)c3)cc2nc1N1CCCC1. The van der Waals surface area contributed by atoms with Gasteiger partial charge in [0.05, 0.1) is 24.4 Å². The number of nitrogens with one attached hydrogen (secondary N) is 2. The van der Waals surface area contributed by atoms with Crippen molar-refractivity contribution in [2.24, 2.45) is 0 Å². The molecule has 2 fully saturated rings. The zero-order chi connectivity index (χ0) is 23.7. The first kappa shape index (κ1) is 22.0. The lowest BCUT2D eigenvalue weighted by atomic mass is 9.98. The summed E-state index contributed by atoms with van der Waals surface area (Å²) >= 11 is 0. The number of hydrogen-bond acceptors (Lipinski definition) is 7. The number of likely N-dealkylation sites (tertiary alicyclic amines) is 1. The van der Waals surface area contributed by atoms with E-state index in [0.29, 0.717) is 17.9 Å². The molecule has 10 nitrogen and oxygen atoms in total. The van der Waals surface area contributed by atoms with E-state index in [1.807, 2.05) is 21.7 Å². The first-order chi connectivity index (χ1) is 16.6. The molecule has 5 rings (SSSR count). The molecule has 0 saturated carbocycles. The largest absolute Gasteiger partial charge is 0.356 e. The Kier molecular flexibility index (Phi) is 5.95. The molecule has 0 unspecified atom stereocenters. The van der Waals surface area contributed by atoms with Crippen LogP contribution in [0.4, 0.5) is 11.6 Å². The van der Waals surface area contributed by atoms with Crippen molar-refractivity contribution in [3.8, 4) is 0 Å². The second-order valence-electron chi connectivity index (χ2n) is 8.89. The van der Waals surface area contributed by atoms with E-state index in [-0.39, 0.29) is 11.9 Å². The Morgan fingerprint density at radius 2 is 1.88 bits per heavy atom. The summed E-state index contributed by atoms with van der Waals surface area (Å²) in [6.07, 6.45) is 10.8. The van der Waals surface area contributed by atoms with Crippen LogP contribution in [0.25, 0.3) is 5.65 Å². The van der Waals surface area contributed by atoms with Gasteiger partial charge in [0.15, 0.2) is 5.65 Å². The van der Waals surface area contributed by atoms with Gasteiger partial charge in [0.25, 0.3) is 5.91 Å². The van der Waals surface area contributed by atoms with Gasteiger partial charge in [-0.3, -0.25) is 20.5 Å². The van der Waals surface area contributed by atoms with Gasteiger partial charge in [0, 0.05) is 49.2 Å². The highest BCUT2D eigenvalue weighted by Crippen LogP contribution is 2.33.